The van der Waals surface area contributed by atoms with Gasteiger partial charge in [-0.05, 0) is 42.8 Å². The van der Waals surface area contributed by atoms with Gasteiger partial charge in [-0.3, -0.25) is 0 Å². The zero-order valence-electron chi connectivity index (χ0n) is 12.7. The summed E-state index contributed by atoms with van der Waals surface area (Å²) in [5.41, 5.74) is 0.887. The fourth-order valence-corrected chi connectivity index (χ4v) is 2.55. The Balaban J connectivity index is 1.69. The van der Waals surface area contributed by atoms with Crippen LogP contribution in [0.3, 0.4) is 0 Å². The smallest absolute Gasteiger partial charge is 0.267 e. The van der Waals surface area contributed by atoms with Crippen LogP contribution in [0.5, 0.6) is 5.75 Å². The molecule has 3 rings (SSSR count). The molecule has 2 aromatic carbocycles. The molecule has 0 bridgehead atoms. The standard InChI is InChI=1S/C17H13Cl2FN2O2/c1-10(23-15-7-4-12(18)9-14(15)19)17-21-16(22-24-17)8-11-2-5-13(20)6-3-11/h2-7,9-10H,8H2,1H3. The van der Waals surface area contributed by atoms with Crippen molar-refractivity contribution in [3.05, 3.63) is 75.6 Å². The first kappa shape index (κ1) is 16.7. The summed E-state index contributed by atoms with van der Waals surface area (Å²) >= 11 is 11.9. The predicted molar refractivity (Wildman–Crippen MR) is 89.0 cm³/mol. The molecule has 4 nitrogen and oxygen atoms in total. The van der Waals surface area contributed by atoms with Gasteiger partial charge >= 0.3 is 0 Å². The maximum atomic E-state index is 12.9. The average molecular weight is 367 g/mol. The van der Waals surface area contributed by atoms with E-state index in [1.807, 2.05) is 0 Å². The Morgan fingerprint density at radius 1 is 1.17 bits per heavy atom. The molecule has 0 radical (unpaired) electrons. The fourth-order valence-electron chi connectivity index (χ4n) is 2.10. The Hall–Kier alpha value is -2.11. The van der Waals surface area contributed by atoms with Gasteiger partial charge in [0, 0.05) is 11.4 Å². The Morgan fingerprint density at radius 3 is 2.62 bits per heavy atom. The zero-order valence-corrected chi connectivity index (χ0v) is 14.2. The molecule has 1 atom stereocenters. The summed E-state index contributed by atoms with van der Waals surface area (Å²) in [5, 5.41) is 4.85. The molecule has 0 fully saturated rings. The number of aromatic nitrogens is 2. The SMILES string of the molecule is CC(Oc1ccc(Cl)cc1Cl)c1nc(Cc2ccc(F)cc2)no1. The molecule has 1 unspecified atom stereocenters. The number of rotatable bonds is 5. The number of halogens is 3. The average Bonchev–Trinajstić information content (AvgIpc) is 3.01. The molecule has 0 N–H and O–H groups in total. The van der Waals surface area contributed by atoms with E-state index in [-0.39, 0.29) is 5.82 Å². The molecule has 0 spiro atoms. The van der Waals surface area contributed by atoms with Crippen LogP contribution in [0.15, 0.2) is 47.0 Å². The van der Waals surface area contributed by atoms with Crippen molar-refractivity contribution in [1.82, 2.24) is 10.1 Å². The van der Waals surface area contributed by atoms with Crippen LogP contribution in [0.1, 0.15) is 30.3 Å². The van der Waals surface area contributed by atoms with E-state index in [2.05, 4.69) is 10.1 Å². The summed E-state index contributed by atoms with van der Waals surface area (Å²) in [6.45, 7) is 1.78. The summed E-state index contributed by atoms with van der Waals surface area (Å²) < 4.78 is 23.9. The highest BCUT2D eigenvalue weighted by atomic mass is 35.5. The van der Waals surface area contributed by atoms with Gasteiger partial charge in [0.15, 0.2) is 11.9 Å². The fraction of sp³-hybridized carbons (Fsp3) is 0.176. The maximum Gasteiger partial charge on any atom is 0.267 e. The number of hydrogen-bond acceptors (Lipinski definition) is 4. The Bertz CT molecular complexity index is 837. The number of benzene rings is 2. The quantitative estimate of drug-likeness (QED) is 0.618. The zero-order chi connectivity index (χ0) is 17.1. The van der Waals surface area contributed by atoms with Crippen molar-refractivity contribution in [1.29, 1.82) is 0 Å². The van der Waals surface area contributed by atoms with Crippen LogP contribution in [0.2, 0.25) is 10.0 Å². The molecule has 0 saturated carbocycles. The lowest BCUT2D eigenvalue weighted by Gasteiger charge is -2.12. The van der Waals surface area contributed by atoms with Crippen molar-refractivity contribution in [2.45, 2.75) is 19.4 Å². The van der Waals surface area contributed by atoms with Gasteiger partial charge in [-0.2, -0.15) is 4.98 Å². The molecule has 0 aliphatic heterocycles. The molecule has 0 amide bonds. The molecule has 3 aromatic rings. The second-order valence-corrected chi connectivity index (χ2v) is 6.03. The molecule has 0 aliphatic carbocycles. The first-order chi connectivity index (χ1) is 11.5. The van der Waals surface area contributed by atoms with Crippen molar-refractivity contribution in [2.24, 2.45) is 0 Å². The Morgan fingerprint density at radius 2 is 1.92 bits per heavy atom. The summed E-state index contributed by atoms with van der Waals surface area (Å²) in [6.07, 6.45) is -0.0313. The van der Waals surface area contributed by atoms with Gasteiger partial charge in [0.05, 0.1) is 5.02 Å². The Kier molecular flexibility index (Phi) is 5.02. The first-order valence-electron chi connectivity index (χ1n) is 7.20. The largest absolute Gasteiger partial charge is 0.479 e. The highest BCUT2D eigenvalue weighted by Gasteiger charge is 2.17. The second-order valence-electron chi connectivity index (χ2n) is 5.19. The molecular formula is C17H13Cl2FN2O2. The minimum atomic E-state index is -0.474. The van der Waals surface area contributed by atoms with E-state index in [4.69, 9.17) is 32.5 Å². The van der Waals surface area contributed by atoms with Crippen molar-refractivity contribution in [3.63, 3.8) is 0 Å². The van der Waals surface area contributed by atoms with Crippen LogP contribution in [0.25, 0.3) is 0 Å². The van der Waals surface area contributed by atoms with Crippen LogP contribution in [-0.2, 0) is 6.42 Å². The third-order valence-electron chi connectivity index (χ3n) is 3.30. The molecule has 0 saturated heterocycles. The summed E-state index contributed by atoms with van der Waals surface area (Å²) in [5.74, 6) is 1.02. The lowest BCUT2D eigenvalue weighted by molar-refractivity contribution is 0.176. The van der Waals surface area contributed by atoms with Gasteiger partial charge in [-0.15, -0.1) is 0 Å². The van der Waals surface area contributed by atoms with Crippen molar-refractivity contribution >= 4 is 23.2 Å². The third kappa shape index (κ3) is 4.04. The van der Waals surface area contributed by atoms with Gasteiger partial charge in [0.2, 0.25) is 0 Å². The molecule has 124 valence electrons. The van der Waals surface area contributed by atoms with Gasteiger partial charge in [0.1, 0.15) is 11.6 Å². The third-order valence-corrected chi connectivity index (χ3v) is 3.84. The van der Waals surface area contributed by atoms with Crippen molar-refractivity contribution < 1.29 is 13.7 Å². The van der Waals surface area contributed by atoms with Crippen LogP contribution in [0, 0.1) is 5.82 Å². The van der Waals surface area contributed by atoms with Crippen LogP contribution in [-0.4, -0.2) is 10.1 Å². The second kappa shape index (κ2) is 7.20. The number of nitrogens with zero attached hydrogens (tertiary/aromatic N) is 2. The van der Waals surface area contributed by atoms with E-state index in [0.29, 0.717) is 33.9 Å². The molecule has 1 aromatic heterocycles. The van der Waals surface area contributed by atoms with E-state index < -0.39 is 6.10 Å². The van der Waals surface area contributed by atoms with E-state index in [0.717, 1.165) is 5.56 Å². The minimum Gasteiger partial charge on any atom is -0.479 e. The van der Waals surface area contributed by atoms with Crippen molar-refractivity contribution in [2.75, 3.05) is 0 Å². The first-order valence-corrected chi connectivity index (χ1v) is 7.95. The predicted octanol–water partition coefficient (Wildman–Crippen LogP) is 5.25. The molecule has 0 aliphatic rings. The molecule has 7 heteroatoms. The van der Waals surface area contributed by atoms with E-state index in [1.54, 1.807) is 37.3 Å². The van der Waals surface area contributed by atoms with E-state index >= 15 is 0 Å². The van der Waals surface area contributed by atoms with Gasteiger partial charge in [-0.25, -0.2) is 4.39 Å². The van der Waals surface area contributed by atoms with Gasteiger partial charge < -0.3 is 9.26 Å². The van der Waals surface area contributed by atoms with Gasteiger partial charge in [0.25, 0.3) is 5.89 Å². The number of hydrogen-bond donors (Lipinski definition) is 0. The van der Waals surface area contributed by atoms with E-state index in [9.17, 15) is 4.39 Å². The highest BCUT2D eigenvalue weighted by Crippen LogP contribution is 2.31. The minimum absolute atomic E-state index is 0.283. The molecule has 1 heterocycles. The Labute approximate surface area is 148 Å². The van der Waals surface area contributed by atoms with Gasteiger partial charge in [-0.1, -0.05) is 40.5 Å². The summed E-state index contributed by atoms with van der Waals surface area (Å²) in [4.78, 5) is 4.31. The van der Waals surface area contributed by atoms with Crippen LogP contribution in [0.4, 0.5) is 4.39 Å². The van der Waals surface area contributed by atoms with Crippen molar-refractivity contribution in [3.8, 4) is 5.75 Å². The summed E-state index contributed by atoms with van der Waals surface area (Å²) in [7, 11) is 0. The highest BCUT2D eigenvalue weighted by molar-refractivity contribution is 6.35. The molecule has 24 heavy (non-hydrogen) atoms. The molecular weight excluding hydrogens is 354 g/mol. The van der Waals surface area contributed by atoms with Crippen LogP contribution < -0.4 is 4.74 Å². The lowest BCUT2D eigenvalue weighted by atomic mass is 10.1. The van der Waals surface area contributed by atoms with Crippen LogP contribution >= 0.6 is 23.2 Å². The maximum absolute atomic E-state index is 12.9. The normalized spacial score (nSPS) is 12.2. The van der Waals surface area contributed by atoms with E-state index in [1.165, 1.54) is 12.1 Å². The topological polar surface area (TPSA) is 48.2 Å². The monoisotopic (exact) mass is 366 g/mol. The lowest BCUT2D eigenvalue weighted by Crippen LogP contribution is -2.04. The number of ether oxygens (including phenoxy) is 1. The summed E-state index contributed by atoms with van der Waals surface area (Å²) in [6, 6.07) is 11.1.